The lowest BCUT2D eigenvalue weighted by atomic mass is 10.2. The Morgan fingerprint density at radius 2 is 1.86 bits per heavy atom. The number of sulfonamides is 1. The largest absolute Gasteiger partial charge is 0.337 e. The predicted octanol–water partition coefficient (Wildman–Crippen LogP) is 4.89. The second-order valence-corrected chi connectivity index (χ2v) is 9.93. The van der Waals surface area contributed by atoms with Gasteiger partial charge in [0.25, 0.3) is 15.9 Å². The van der Waals surface area contributed by atoms with Crippen molar-refractivity contribution in [1.29, 1.82) is 0 Å². The lowest BCUT2D eigenvalue weighted by Crippen LogP contribution is -2.26. The van der Waals surface area contributed by atoms with Crippen LogP contribution in [-0.4, -0.2) is 26.3 Å². The van der Waals surface area contributed by atoms with Crippen molar-refractivity contribution in [3.63, 3.8) is 0 Å². The highest BCUT2D eigenvalue weighted by Gasteiger charge is 2.19. The Hall–Kier alpha value is -2.16. The number of thiophene rings is 1. The monoisotopic (exact) mass is 478 g/mol. The Morgan fingerprint density at radius 3 is 2.50 bits per heavy atom. The smallest absolute Gasteiger partial charge is 0.261 e. The van der Waals surface area contributed by atoms with Crippen molar-refractivity contribution in [2.24, 2.45) is 0 Å². The molecule has 0 spiro atoms. The third-order valence-electron chi connectivity index (χ3n) is 4.18. The highest BCUT2D eigenvalue weighted by molar-refractivity contribution is 9.10. The molecule has 1 amide bonds. The van der Waals surface area contributed by atoms with Crippen molar-refractivity contribution in [1.82, 2.24) is 4.90 Å². The second kappa shape index (κ2) is 8.46. The molecular formula is C20H19BrN2O3S2. The summed E-state index contributed by atoms with van der Waals surface area (Å²) < 4.78 is 28.8. The number of amides is 1. The first-order valence-corrected chi connectivity index (χ1v) is 11.6. The molecule has 0 unspecified atom stereocenters. The SMILES string of the molecule is Cc1ccsc1CN(C)C(=O)c1cccc(S(=O)(=O)Nc2ccc(Br)cc2)c1. The van der Waals surface area contributed by atoms with Crippen LogP contribution in [0, 0.1) is 6.92 Å². The van der Waals surface area contributed by atoms with Crippen molar-refractivity contribution in [2.75, 3.05) is 11.8 Å². The average molecular weight is 479 g/mol. The van der Waals surface area contributed by atoms with Crippen LogP contribution in [0.4, 0.5) is 5.69 Å². The molecule has 1 N–H and O–H groups in total. The molecule has 28 heavy (non-hydrogen) atoms. The number of hydrogen-bond donors (Lipinski definition) is 1. The van der Waals surface area contributed by atoms with Gasteiger partial charge in [0.05, 0.1) is 11.4 Å². The Labute approximate surface area is 177 Å². The maximum atomic E-state index is 12.8. The third kappa shape index (κ3) is 4.81. The van der Waals surface area contributed by atoms with Gasteiger partial charge in [-0.25, -0.2) is 8.42 Å². The molecule has 0 fully saturated rings. The summed E-state index contributed by atoms with van der Waals surface area (Å²) in [5.41, 5.74) is 1.92. The van der Waals surface area contributed by atoms with Crippen molar-refractivity contribution in [3.8, 4) is 0 Å². The number of carbonyl (C=O) groups excluding carboxylic acids is 1. The Kier molecular flexibility index (Phi) is 6.22. The van der Waals surface area contributed by atoms with E-state index in [1.165, 1.54) is 12.1 Å². The number of anilines is 1. The number of nitrogens with one attached hydrogen (secondary N) is 1. The molecule has 0 radical (unpaired) electrons. The summed E-state index contributed by atoms with van der Waals surface area (Å²) in [5.74, 6) is -0.228. The van der Waals surface area contributed by atoms with E-state index >= 15 is 0 Å². The zero-order valence-electron chi connectivity index (χ0n) is 15.3. The number of nitrogens with zero attached hydrogens (tertiary/aromatic N) is 1. The second-order valence-electron chi connectivity index (χ2n) is 6.33. The van der Waals surface area contributed by atoms with Crippen molar-refractivity contribution < 1.29 is 13.2 Å². The van der Waals surface area contributed by atoms with E-state index < -0.39 is 10.0 Å². The summed E-state index contributed by atoms with van der Waals surface area (Å²) >= 11 is 4.91. The van der Waals surface area contributed by atoms with Crippen LogP contribution in [0.1, 0.15) is 20.8 Å². The number of benzene rings is 2. The Bertz CT molecular complexity index is 1090. The van der Waals surface area contributed by atoms with Gasteiger partial charge >= 0.3 is 0 Å². The van der Waals surface area contributed by atoms with Gasteiger partial charge in [-0.1, -0.05) is 22.0 Å². The molecule has 8 heteroatoms. The molecule has 3 aromatic rings. The van der Waals surface area contributed by atoms with Gasteiger partial charge in [-0.05, 0) is 66.4 Å². The number of rotatable bonds is 6. The lowest BCUT2D eigenvalue weighted by Gasteiger charge is -2.17. The molecule has 0 bridgehead atoms. The van der Waals surface area contributed by atoms with Crippen LogP contribution in [-0.2, 0) is 16.6 Å². The number of aryl methyl sites for hydroxylation is 1. The van der Waals surface area contributed by atoms with E-state index in [-0.39, 0.29) is 10.8 Å². The molecule has 5 nitrogen and oxygen atoms in total. The summed E-state index contributed by atoms with van der Waals surface area (Å²) in [6.07, 6.45) is 0. The molecule has 0 aliphatic rings. The van der Waals surface area contributed by atoms with E-state index in [0.717, 1.165) is 14.9 Å². The fraction of sp³-hybridized carbons (Fsp3) is 0.150. The molecule has 3 rings (SSSR count). The topological polar surface area (TPSA) is 66.5 Å². The van der Waals surface area contributed by atoms with Crippen LogP contribution in [0.25, 0.3) is 0 Å². The van der Waals surface area contributed by atoms with Crippen molar-refractivity contribution in [2.45, 2.75) is 18.4 Å². The molecule has 0 aliphatic heterocycles. The lowest BCUT2D eigenvalue weighted by molar-refractivity contribution is 0.0786. The third-order valence-corrected chi connectivity index (χ3v) is 7.10. The maximum Gasteiger partial charge on any atom is 0.261 e. The van der Waals surface area contributed by atoms with Crippen molar-refractivity contribution >= 4 is 48.9 Å². The van der Waals surface area contributed by atoms with Crippen LogP contribution in [0.5, 0.6) is 0 Å². The van der Waals surface area contributed by atoms with E-state index in [4.69, 9.17) is 0 Å². The fourth-order valence-corrected chi connectivity index (χ4v) is 4.93. The summed E-state index contributed by atoms with van der Waals surface area (Å²) in [7, 11) is -2.09. The van der Waals surface area contributed by atoms with Gasteiger partial charge in [0.2, 0.25) is 0 Å². The molecule has 1 heterocycles. The molecule has 0 aliphatic carbocycles. The van der Waals surface area contributed by atoms with Crippen LogP contribution < -0.4 is 4.72 Å². The molecule has 0 atom stereocenters. The molecular weight excluding hydrogens is 460 g/mol. The van der Waals surface area contributed by atoms with Crippen LogP contribution in [0.2, 0.25) is 0 Å². The van der Waals surface area contributed by atoms with Crippen LogP contribution in [0.3, 0.4) is 0 Å². The first-order valence-electron chi connectivity index (χ1n) is 8.43. The minimum Gasteiger partial charge on any atom is -0.337 e. The van der Waals surface area contributed by atoms with Gasteiger partial charge in [-0.2, -0.15) is 0 Å². The van der Waals surface area contributed by atoms with Gasteiger partial charge in [0.15, 0.2) is 0 Å². The zero-order valence-corrected chi connectivity index (χ0v) is 18.6. The van der Waals surface area contributed by atoms with E-state index in [0.29, 0.717) is 17.8 Å². The molecule has 1 aromatic heterocycles. The molecule has 2 aromatic carbocycles. The first kappa shape index (κ1) is 20.6. The predicted molar refractivity (Wildman–Crippen MR) is 116 cm³/mol. The quantitative estimate of drug-likeness (QED) is 0.548. The fourth-order valence-electron chi connectivity index (χ4n) is 2.60. The van der Waals surface area contributed by atoms with Crippen LogP contribution in [0.15, 0.2) is 69.3 Å². The average Bonchev–Trinajstić information content (AvgIpc) is 3.07. The summed E-state index contributed by atoms with van der Waals surface area (Å²) in [4.78, 5) is 15.5. The Morgan fingerprint density at radius 1 is 1.14 bits per heavy atom. The van der Waals surface area contributed by atoms with E-state index in [1.807, 2.05) is 18.4 Å². The van der Waals surface area contributed by atoms with Gasteiger partial charge < -0.3 is 4.90 Å². The highest BCUT2D eigenvalue weighted by Crippen LogP contribution is 2.21. The zero-order chi connectivity index (χ0) is 20.3. The summed E-state index contributed by atoms with van der Waals surface area (Å²) in [6.45, 7) is 2.49. The van der Waals surface area contributed by atoms with Crippen molar-refractivity contribution in [3.05, 3.63) is 80.5 Å². The van der Waals surface area contributed by atoms with Gasteiger partial charge in [0.1, 0.15) is 0 Å². The molecule has 146 valence electrons. The van der Waals surface area contributed by atoms with E-state index in [2.05, 4.69) is 20.7 Å². The summed E-state index contributed by atoms with van der Waals surface area (Å²) in [6, 6.07) is 14.9. The van der Waals surface area contributed by atoms with Gasteiger partial charge in [0, 0.05) is 27.6 Å². The highest BCUT2D eigenvalue weighted by atomic mass is 79.9. The number of carbonyl (C=O) groups is 1. The standard InChI is InChI=1S/C20H19BrN2O3S2/c1-14-10-11-27-19(14)13-23(2)20(24)15-4-3-5-18(12-15)28(25,26)22-17-8-6-16(21)7-9-17/h3-12,22H,13H2,1-2H3. The first-order chi connectivity index (χ1) is 13.3. The van der Waals surface area contributed by atoms with E-state index in [1.54, 1.807) is 59.7 Å². The Balaban J connectivity index is 1.79. The van der Waals surface area contributed by atoms with E-state index in [9.17, 15) is 13.2 Å². The minimum atomic E-state index is -3.80. The maximum absolute atomic E-state index is 12.8. The normalized spacial score (nSPS) is 11.2. The van der Waals surface area contributed by atoms with Gasteiger partial charge in [-0.3, -0.25) is 9.52 Å². The number of hydrogen-bond acceptors (Lipinski definition) is 4. The van der Waals surface area contributed by atoms with Crippen LogP contribution >= 0.6 is 27.3 Å². The number of halogens is 1. The molecule has 0 saturated heterocycles. The minimum absolute atomic E-state index is 0.0435. The summed E-state index contributed by atoms with van der Waals surface area (Å²) in [5, 5.41) is 1.99. The molecule has 0 saturated carbocycles. The van der Waals surface area contributed by atoms with Gasteiger partial charge in [-0.15, -0.1) is 11.3 Å².